The summed E-state index contributed by atoms with van der Waals surface area (Å²) in [6, 6.07) is 13.1. The van der Waals surface area contributed by atoms with Gasteiger partial charge < -0.3 is 9.47 Å². The number of rotatable bonds is 8. The number of benzene rings is 1. The first-order valence-electron chi connectivity index (χ1n) is 9.40. The second-order valence-corrected chi connectivity index (χ2v) is 7.27. The summed E-state index contributed by atoms with van der Waals surface area (Å²) in [6.07, 6.45) is 1.74. The van der Waals surface area contributed by atoms with Crippen LogP contribution in [0.1, 0.15) is 25.1 Å². The van der Waals surface area contributed by atoms with Crippen LogP contribution in [-0.4, -0.2) is 35.0 Å². The van der Waals surface area contributed by atoms with E-state index in [4.69, 9.17) is 9.47 Å². The van der Waals surface area contributed by atoms with Crippen molar-refractivity contribution in [2.45, 2.75) is 26.9 Å². The Bertz CT molecular complexity index is 998. The van der Waals surface area contributed by atoms with Crippen molar-refractivity contribution in [1.29, 1.82) is 0 Å². The van der Waals surface area contributed by atoms with Gasteiger partial charge in [-0.2, -0.15) is 0 Å². The summed E-state index contributed by atoms with van der Waals surface area (Å²) in [5.41, 5.74) is 2.50. The van der Waals surface area contributed by atoms with Gasteiger partial charge >= 0.3 is 0 Å². The van der Waals surface area contributed by atoms with Crippen molar-refractivity contribution in [3.05, 3.63) is 70.3 Å². The molecule has 0 saturated heterocycles. The third kappa shape index (κ3) is 4.70. The standard InChI is InChI=1S/C22H27N3O3/c1-16(2)13-24(14-17-8-9-19(27-3)20(11-17)28-4)15-18-12-22(26)25-10-6-5-7-21(25)23-18/h5-12,16H,13-15H2,1-4H3. The van der Waals surface area contributed by atoms with E-state index in [0.29, 0.717) is 29.6 Å². The SMILES string of the molecule is COc1ccc(CN(Cc2cc(=O)n3ccccc3n2)CC(C)C)cc1OC. The highest BCUT2D eigenvalue weighted by atomic mass is 16.5. The number of nitrogens with zero attached hydrogens (tertiary/aromatic N) is 3. The van der Waals surface area contributed by atoms with Crippen molar-refractivity contribution in [3.63, 3.8) is 0 Å². The molecular formula is C22H27N3O3. The van der Waals surface area contributed by atoms with E-state index < -0.39 is 0 Å². The Morgan fingerprint density at radius 3 is 2.54 bits per heavy atom. The van der Waals surface area contributed by atoms with E-state index in [0.717, 1.165) is 24.3 Å². The lowest BCUT2D eigenvalue weighted by molar-refractivity contribution is 0.224. The molecule has 0 aliphatic heterocycles. The molecule has 2 heterocycles. The quantitative estimate of drug-likeness (QED) is 0.599. The Labute approximate surface area is 165 Å². The summed E-state index contributed by atoms with van der Waals surface area (Å²) in [6.45, 7) is 6.60. The molecule has 28 heavy (non-hydrogen) atoms. The molecule has 0 spiro atoms. The Balaban J connectivity index is 1.86. The molecule has 6 nitrogen and oxygen atoms in total. The molecule has 6 heteroatoms. The lowest BCUT2D eigenvalue weighted by Crippen LogP contribution is -2.28. The van der Waals surface area contributed by atoms with Crippen LogP contribution in [0.15, 0.2) is 53.5 Å². The molecule has 0 aliphatic carbocycles. The highest BCUT2D eigenvalue weighted by molar-refractivity contribution is 5.43. The maximum atomic E-state index is 12.4. The molecule has 0 atom stereocenters. The molecule has 148 valence electrons. The molecule has 3 aromatic rings. The molecular weight excluding hydrogens is 354 g/mol. The number of hydrogen-bond acceptors (Lipinski definition) is 5. The van der Waals surface area contributed by atoms with Crippen LogP contribution in [0.5, 0.6) is 11.5 Å². The minimum atomic E-state index is -0.0591. The van der Waals surface area contributed by atoms with E-state index in [9.17, 15) is 4.79 Å². The average Bonchev–Trinajstić information content (AvgIpc) is 2.67. The summed E-state index contributed by atoms with van der Waals surface area (Å²) in [4.78, 5) is 19.4. The summed E-state index contributed by atoms with van der Waals surface area (Å²) >= 11 is 0. The molecule has 1 aromatic carbocycles. The topological polar surface area (TPSA) is 56.1 Å². The first-order valence-corrected chi connectivity index (χ1v) is 9.40. The first kappa shape index (κ1) is 19.9. The molecule has 0 aliphatic rings. The summed E-state index contributed by atoms with van der Waals surface area (Å²) in [5.74, 6) is 1.92. The highest BCUT2D eigenvalue weighted by Gasteiger charge is 2.13. The minimum absolute atomic E-state index is 0.0591. The Morgan fingerprint density at radius 2 is 1.82 bits per heavy atom. The molecule has 0 N–H and O–H groups in total. The van der Waals surface area contributed by atoms with Crippen LogP contribution in [0.4, 0.5) is 0 Å². The summed E-state index contributed by atoms with van der Waals surface area (Å²) in [5, 5.41) is 0. The lowest BCUT2D eigenvalue weighted by atomic mass is 10.1. The van der Waals surface area contributed by atoms with Crippen molar-refractivity contribution in [2.24, 2.45) is 5.92 Å². The van der Waals surface area contributed by atoms with Crippen LogP contribution in [-0.2, 0) is 13.1 Å². The number of methoxy groups -OCH3 is 2. The van der Waals surface area contributed by atoms with Crippen molar-refractivity contribution >= 4 is 5.65 Å². The van der Waals surface area contributed by atoms with Gasteiger partial charge in [-0.15, -0.1) is 0 Å². The van der Waals surface area contributed by atoms with Gasteiger partial charge in [0.2, 0.25) is 0 Å². The van der Waals surface area contributed by atoms with E-state index in [-0.39, 0.29) is 5.56 Å². The van der Waals surface area contributed by atoms with Gasteiger partial charge in [0.25, 0.3) is 5.56 Å². The van der Waals surface area contributed by atoms with Gasteiger partial charge in [-0.1, -0.05) is 26.0 Å². The van der Waals surface area contributed by atoms with Gasteiger partial charge in [0.05, 0.1) is 19.9 Å². The van der Waals surface area contributed by atoms with Crippen molar-refractivity contribution in [1.82, 2.24) is 14.3 Å². The van der Waals surface area contributed by atoms with Gasteiger partial charge in [-0.05, 0) is 35.7 Å². The van der Waals surface area contributed by atoms with Crippen LogP contribution < -0.4 is 15.0 Å². The molecule has 2 aromatic heterocycles. The van der Waals surface area contributed by atoms with Crippen molar-refractivity contribution in [2.75, 3.05) is 20.8 Å². The molecule has 0 radical (unpaired) electrons. The molecule has 0 amide bonds. The molecule has 0 saturated carbocycles. The Kier molecular flexibility index (Phi) is 6.31. The maximum Gasteiger partial charge on any atom is 0.258 e. The van der Waals surface area contributed by atoms with E-state index in [2.05, 4.69) is 23.7 Å². The zero-order chi connectivity index (χ0) is 20.1. The monoisotopic (exact) mass is 381 g/mol. The van der Waals surface area contributed by atoms with E-state index in [1.807, 2.05) is 36.4 Å². The summed E-state index contributed by atoms with van der Waals surface area (Å²) < 4.78 is 12.3. The fraction of sp³-hybridized carbons (Fsp3) is 0.364. The fourth-order valence-corrected chi connectivity index (χ4v) is 3.35. The lowest BCUT2D eigenvalue weighted by Gasteiger charge is -2.24. The van der Waals surface area contributed by atoms with Gasteiger partial charge in [0.15, 0.2) is 11.5 Å². The van der Waals surface area contributed by atoms with Gasteiger partial charge in [-0.25, -0.2) is 4.98 Å². The van der Waals surface area contributed by atoms with Gasteiger partial charge in [0, 0.05) is 31.9 Å². The molecule has 3 rings (SSSR count). The van der Waals surface area contributed by atoms with Crippen LogP contribution in [0.2, 0.25) is 0 Å². The number of fused-ring (bicyclic) bond motifs is 1. The van der Waals surface area contributed by atoms with Crippen LogP contribution in [0.25, 0.3) is 5.65 Å². The summed E-state index contributed by atoms with van der Waals surface area (Å²) in [7, 11) is 3.27. The van der Waals surface area contributed by atoms with Gasteiger partial charge in [0.1, 0.15) is 5.65 Å². The maximum absolute atomic E-state index is 12.4. The number of hydrogen-bond donors (Lipinski definition) is 0. The van der Waals surface area contributed by atoms with E-state index in [1.54, 1.807) is 30.9 Å². The Morgan fingerprint density at radius 1 is 1.04 bits per heavy atom. The first-order chi connectivity index (χ1) is 13.5. The van der Waals surface area contributed by atoms with E-state index >= 15 is 0 Å². The Hall–Kier alpha value is -2.86. The van der Waals surface area contributed by atoms with Crippen LogP contribution in [0, 0.1) is 5.92 Å². The number of ether oxygens (including phenoxy) is 2. The third-order valence-corrected chi connectivity index (χ3v) is 4.49. The molecule has 0 fully saturated rings. The predicted molar refractivity (Wildman–Crippen MR) is 110 cm³/mol. The third-order valence-electron chi connectivity index (χ3n) is 4.49. The average molecular weight is 381 g/mol. The number of aromatic nitrogens is 2. The van der Waals surface area contributed by atoms with Crippen molar-refractivity contribution < 1.29 is 9.47 Å². The zero-order valence-corrected chi connectivity index (χ0v) is 16.9. The minimum Gasteiger partial charge on any atom is -0.493 e. The van der Waals surface area contributed by atoms with Crippen LogP contribution in [0.3, 0.4) is 0 Å². The smallest absolute Gasteiger partial charge is 0.258 e. The van der Waals surface area contributed by atoms with Gasteiger partial charge in [-0.3, -0.25) is 14.1 Å². The normalized spacial score (nSPS) is 11.4. The predicted octanol–water partition coefficient (Wildman–Crippen LogP) is 3.37. The molecule has 0 unspecified atom stereocenters. The number of pyridine rings is 1. The van der Waals surface area contributed by atoms with Crippen molar-refractivity contribution in [3.8, 4) is 11.5 Å². The van der Waals surface area contributed by atoms with E-state index in [1.165, 1.54) is 0 Å². The second-order valence-electron chi connectivity index (χ2n) is 7.27. The fourth-order valence-electron chi connectivity index (χ4n) is 3.35. The van der Waals surface area contributed by atoms with Crippen LogP contribution >= 0.6 is 0 Å². The zero-order valence-electron chi connectivity index (χ0n) is 16.9. The molecule has 0 bridgehead atoms. The highest BCUT2D eigenvalue weighted by Crippen LogP contribution is 2.28. The largest absolute Gasteiger partial charge is 0.493 e. The second kappa shape index (κ2) is 8.89.